The van der Waals surface area contributed by atoms with E-state index < -0.39 is 0 Å². The molecule has 1 fully saturated rings. The van der Waals surface area contributed by atoms with Crippen molar-refractivity contribution in [3.05, 3.63) is 30.0 Å². The summed E-state index contributed by atoms with van der Waals surface area (Å²) in [6.45, 7) is 3.52. The van der Waals surface area contributed by atoms with Crippen LogP contribution < -0.4 is 4.74 Å². The number of esters is 1. The molecule has 1 saturated heterocycles. The third-order valence-electron chi connectivity index (χ3n) is 3.59. The predicted octanol–water partition coefficient (Wildman–Crippen LogP) is 2.90. The molecule has 5 heteroatoms. The average molecular weight is 289 g/mol. The SMILES string of the molecule is CCOC(=O)c1[nH]c2ccccc2c1OC1CCOCC1. The van der Waals surface area contributed by atoms with Crippen molar-refractivity contribution in [1.29, 1.82) is 0 Å². The summed E-state index contributed by atoms with van der Waals surface area (Å²) in [6.07, 6.45) is 1.75. The molecule has 1 aromatic carbocycles. The van der Waals surface area contributed by atoms with Gasteiger partial charge < -0.3 is 19.2 Å². The minimum atomic E-state index is -0.379. The monoisotopic (exact) mass is 289 g/mol. The number of H-pyrrole nitrogens is 1. The maximum atomic E-state index is 12.1. The van der Waals surface area contributed by atoms with Crippen LogP contribution in [0.1, 0.15) is 30.3 Å². The van der Waals surface area contributed by atoms with Crippen molar-refractivity contribution in [2.24, 2.45) is 0 Å². The van der Waals surface area contributed by atoms with E-state index in [-0.39, 0.29) is 12.1 Å². The number of para-hydroxylation sites is 1. The van der Waals surface area contributed by atoms with E-state index in [4.69, 9.17) is 14.2 Å². The molecule has 0 amide bonds. The molecule has 0 radical (unpaired) electrons. The third-order valence-corrected chi connectivity index (χ3v) is 3.59. The largest absolute Gasteiger partial charge is 0.487 e. The lowest BCUT2D eigenvalue weighted by atomic mass is 10.1. The first kappa shape index (κ1) is 13.9. The van der Waals surface area contributed by atoms with Gasteiger partial charge in [-0.15, -0.1) is 0 Å². The fraction of sp³-hybridized carbons (Fsp3) is 0.438. The molecule has 1 aliphatic rings. The van der Waals surface area contributed by atoms with Gasteiger partial charge >= 0.3 is 5.97 Å². The standard InChI is InChI=1S/C16H19NO4/c1-2-20-16(18)14-15(21-11-7-9-19-10-8-11)12-5-3-4-6-13(12)17-14/h3-6,11,17H,2,7-10H2,1H3. The van der Waals surface area contributed by atoms with Gasteiger partial charge in [-0.25, -0.2) is 4.79 Å². The number of benzene rings is 1. The smallest absolute Gasteiger partial charge is 0.358 e. The highest BCUT2D eigenvalue weighted by molar-refractivity contribution is 6.00. The molecule has 2 heterocycles. The molecule has 0 unspecified atom stereocenters. The lowest BCUT2D eigenvalue weighted by Gasteiger charge is -2.23. The summed E-state index contributed by atoms with van der Waals surface area (Å²) in [5.74, 6) is 0.215. The molecule has 1 aromatic heterocycles. The molecule has 0 bridgehead atoms. The number of carbonyl (C=O) groups excluding carboxylic acids is 1. The summed E-state index contributed by atoms with van der Waals surface area (Å²) in [6, 6.07) is 7.73. The van der Waals surface area contributed by atoms with Crippen LogP contribution in [0.5, 0.6) is 5.75 Å². The van der Waals surface area contributed by atoms with Crippen molar-refractivity contribution >= 4 is 16.9 Å². The molecular formula is C16H19NO4. The van der Waals surface area contributed by atoms with Crippen LogP contribution in [-0.4, -0.2) is 36.9 Å². The van der Waals surface area contributed by atoms with E-state index >= 15 is 0 Å². The van der Waals surface area contributed by atoms with Crippen LogP contribution in [0.2, 0.25) is 0 Å². The number of aromatic nitrogens is 1. The molecule has 0 saturated carbocycles. The fourth-order valence-corrected chi connectivity index (χ4v) is 2.55. The van der Waals surface area contributed by atoms with Crippen LogP contribution in [-0.2, 0) is 9.47 Å². The fourth-order valence-electron chi connectivity index (χ4n) is 2.55. The highest BCUT2D eigenvalue weighted by Gasteiger charge is 2.24. The molecule has 21 heavy (non-hydrogen) atoms. The Morgan fingerprint density at radius 3 is 2.86 bits per heavy atom. The second-order valence-electron chi connectivity index (χ2n) is 5.02. The third kappa shape index (κ3) is 2.88. The number of rotatable bonds is 4. The van der Waals surface area contributed by atoms with Gasteiger partial charge in [-0.05, 0) is 19.1 Å². The van der Waals surface area contributed by atoms with E-state index in [1.54, 1.807) is 6.92 Å². The number of carbonyl (C=O) groups is 1. The Morgan fingerprint density at radius 1 is 1.33 bits per heavy atom. The molecule has 0 atom stereocenters. The first-order valence-electron chi connectivity index (χ1n) is 7.32. The van der Waals surface area contributed by atoms with E-state index in [2.05, 4.69) is 4.98 Å². The Morgan fingerprint density at radius 2 is 2.10 bits per heavy atom. The Balaban J connectivity index is 1.96. The van der Waals surface area contributed by atoms with Gasteiger partial charge in [0.2, 0.25) is 0 Å². The topological polar surface area (TPSA) is 60.6 Å². The Labute approximate surface area is 123 Å². The number of hydrogen-bond donors (Lipinski definition) is 1. The normalized spacial score (nSPS) is 16.0. The lowest BCUT2D eigenvalue weighted by Crippen LogP contribution is -2.26. The van der Waals surface area contributed by atoms with Gasteiger partial charge in [-0.1, -0.05) is 12.1 Å². The van der Waals surface area contributed by atoms with Crippen LogP contribution in [0.25, 0.3) is 10.9 Å². The van der Waals surface area contributed by atoms with E-state index in [1.807, 2.05) is 24.3 Å². The zero-order chi connectivity index (χ0) is 14.7. The highest BCUT2D eigenvalue weighted by Crippen LogP contribution is 2.32. The molecule has 5 nitrogen and oxygen atoms in total. The van der Waals surface area contributed by atoms with E-state index in [0.29, 0.717) is 31.3 Å². The second kappa shape index (κ2) is 6.18. The van der Waals surface area contributed by atoms with Crippen molar-refractivity contribution in [3.63, 3.8) is 0 Å². The Kier molecular flexibility index (Phi) is 4.10. The summed E-state index contributed by atoms with van der Waals surface area (Å²) in [7, 11) is 0. The summed E-state index contributed by atoms with van der Waals surface area (Å²) in [5, 5.41) is 0.909. The van der Waals surface area contributed by atoms with E-state index in [0.717, 1.165) is 23.7 Å². The van der Waals surface area contributed by atoms with Crippen LogP contribution in [0.15, 0.2) is 24.3 Å². The maximum Gasteiger partial charge on any atom is 0.358 e. The van der Waals surface area contributed by atoms with Crippen LogP contribution in [0.3, 0.4) is 0 Å². The zero-order valence-electron chi connectivity index (χ0n) is 12.1. The molecule has 1 N–H and O–H groups in total. The maximum absolute atomic E-state index is 12.1. The number of hydrogen-bond acceptors (Lipinski definition) is 4. The summed E-state index contributed by atoms with van der Waals surface area (Å²) < 4.78 is 16.6. The predicted molar refractivity (Wildman–Crippen MR) is 78.7 cm³/mol. The van der Waals surface area contributed by atoms with Crippen molar-refractivity contribution in [1.82, 2.24) is 4.98 Å². The molecular weight excluding hydrogens is 270 g/mol. The number of ether oxygens (including phenoxy) is 3. The number of fused-ring (bicyclic) bond motifs is 1. The quantitative estimate of drug-likeness (QED) is 0.879. The van der Waals surface area contributed by atoms with Gasteiger partial charge in [0.05, 0.1) is 19.8 Å². The minimum absolute atomic E-state index is 0.0751. The van der Waals surface area contributed by atoms with Crippen molar-refractivity contribution in [3.8, 4) is 5.75 Å². The molecule has 112 valence electrons. The first-order valence-corrected chi connectivity index (χ1v) is 7.32. The van der Waals surface area contributed by atoms with E-state index in [1.165, 1.54) is 0 Å². The van der Waals surface area contributed by atoms with Crippen LogP contribution >= 0.6 is 0 Å². The van der Waals surface area contributed by atoms with Crippen molar-refractivity contribution < 1.29 is 19.0 Å². The summed E-state index contributed by atoms with van der Waals surface area (Å²) >= 11 is 0. The van der Waals surface area contributed by atoms with Gasteiger partial charge in [0, 0.05) is 23.7 Å². The Bertz CT molecular complexity index is 628. The van der Waals surface area contributed by atoms with Gasteiger partial charge in [0.15, 0.2) is 11.4 Å². The zero-order valence-corrected chi connectivity index (χ0v) is 12.1. The van der Waals surface area contributed by atoms with Crippen LogP contribution in [0.4, 0.5) is 0 Å². The second-order valence-corrected chi connectivity index (χ2v) is 5.02. The van der Waals surface area contributed by atoms with Crippen molar-refractivity contribution in [2.45, 2.75) is 25.9 Å². The average Bonchev–Trinajstić information content (AvgIpc) is 2.88. The molecule has 3 rings (SSSR count). The van der Waals surface area contributed by atoms with Gasteiger partial charge in [0.1, 0.15) is 6.10 Å². The summed E-state index contributed by atoms with van der Waals surface area (Å²) in [4.78, 5) is 15.2. The molecule has 1 aliphatic heterocycles. The van der Waals surface area contributed by atoms with Gasteiger partial charge in [0.25, 0.3) is 0 Å². The minimum Gasteiger partial charge on any atom is -0.487 e. The van der Waals surface area contributed by atoms with Crippen LogP contribution in [0, 0.1) is 0 Å². The Hall–Kier alpha value is -2.01. The van der Waals surface area contributed by atoms with E-state index in [9.17, 15) is 4.79 Å². The molecule has 2 aromatic rings. The first-order chi connectivity index (χ1) is 10.3. The van der Waals surface area contributed by atoms with Gasteiger partial charge in [-0.2, -0.15) is 0 Å². The molecule has 0 aliphatic carbocycles. The highest BCUT2D eigenvalue weighted by atomic mass is 16.5. The summed E-state index contributed by atoms with van der Waals surface area (Å²) in [5.41, 5.74) is 1.27. The lowest BCUT2D eigenvalue weighted by molar-refractivity contribution is 0.0249. The van der Waals surface area contributed by atoms with Gasteiger partial charge in [-0.3, -0.25) is 0 Å². The van der Waals surface area contributed by atoms with Crippen molar-refractivity contribution in [2.75, 3.05) is 19.8 Å². The number of nitrogens with one attached hydrogen (secondary N) is 1. The molecule has 0 spiro atoms. The number of aromatic amines is 1.